The zero-order chi connectivity index (χ0) is 31.1. The molecule has 1 heterocycles. The second-order valence-corrected chi connectivity index (χ2v) is 8.74. The molecular weight excluding hydrogens is 556 g/mol. The number of methoxy groups -OCH3 is 1. The van der Waals surface area contributed by atoms with Gasteiger partial charge in [0.15, 0.2) is 11.6 Å². The molecule has 0 saturated carbocycles. The van der Waals surface area contributed by atoms with Crippen LogP contribution in [-0.2, 0) is 33.4 Å². The Kier molecular flexibility index (Phi) is 11.4. The van der Waals surface area contributed by atoms with Gasteiger partial charge in [-0.05, 0) is 17.7 Å². The zero-order valence-electron chi connectivity index (χ0n) is 21.5. The van der Waals surface area contributed by atoms with E-state index in [4.69, 9.17) is 19.3 Å². The number of phenolic OH excluding ortho intramolecular Hbond substituents is 1. The van der Waals surface area contributed by atoms with Crippen molar-refractivity contribution in [2.24, 2.45) is 4.99 Å². The molecule has 9 N–H and O–H groups in total. The lowest BCUT2D eigenvalue weighted by Crippen LogP contribution is -2.66. The third-order valence-corrected chi connectivity index (χ3v) is 5.93. The largest absolute Gasteiger partial charge is 0.508 e. The molecule has 0 saturated heterocycles. The van der Waals surface area contributed by atoms with Crippen LogP contribution in [-0.4, -0.2) is 134 Å². The number of aliphatic hydroxyl groups is 5. The Labute approximate surface area is 231 Å². The minimum Gasteiger partial charge on any atom is -0.508 e. The zero-order valence-corrected chi connectivity index (χ0v) is 21.5. The lowest BCUT2D eigenvalue weighted by molar-refractivity contribution is -0.203. The van der Waals surface area contributed by atoms with Crippen molar-refractivity contribution < 1.29 is 74.2 Å². The van der Waals surface area contributed by atoms with Gasteiger partial charge >= 0.3 is 17.9 Å². The number of carboxylic acids is 2. The number of benzene rings is 1. The maximum absolute atomic E-state index is 13.3. The molecule has 0 spiro atoms. The number of carboxylic acid groups (broad SMARTS) is 2. The summed E-state index contributed by atoms with van der Waals surface area (Å²) in [6.07, 6.45) is -10.2. The summed E-state index contributed by atoms with van der Waals surface area (Å²) in [7, 11) is 0.841. The molecule has 1 aliphatic rings. The first kappa shape index (κ1) is 33.2. The molecule has 41 heavy (non-hydrogen) atoms. The van der Waals surface area contributed by atoms with Crippen LogP contribution >= 0.6 is 0 Å². The number of aromatic hydroxyl groups is 1. The molecule has 0 fully saturated rings. The lowest BCUT2D eigenvalue weighted by Gasteiger charge is -2.38. The van der Waals surface area contributed by atoms with Crippen LogP contribution in [0.15, 0.2) is 41.4 Å². The number of nitrogens with zero attached hydrogens (tertiary/aromatic N) is 1. The molecule has 1 aromatic carbocycles. The predicted molar refractivity (Wildman–Crippen MR) is 132 cm³/mol. The van der Waals surface area contributed by atoms with Gasteiger partial charge in [0.2, 0.25) is 12.1 Å². The highest BCUT2D eigenvalue weighted by Crippen LogP contribution is 2.27. The molecule has 7 atom stereocenters. The van der Waals surface area contributed by atoms with Gasteiger partial charge in [-0.1, -0.05) is 18.7 Å². The Bertz CT molecular complexity index is 1170. The summed E-state index contributed by atoms with van der Waals surface area (Å²) < 4.78 is 15.5. The summed E-state index contributed by atoms with van der Waals surface area (Å²) in [6.45, 7) is 0.845. The normalized spacial score (nSPS) is 20.4. The summed E-state index contributed by atoms with van der Waals surface area (Å²) in [6, 6.07) is 4.44. The number of phenols is 1. The second-order valence-electron chi connectivity index (χ2n) is 8.74. The van der Waals surface area contributed by atoms with E-state index in [2.05, 4.69) is 11.6 Å². The first-order valence-electron chi connectivity index (χ1n) is 11.7. The van der Waals surface area contributed by atoms with Gasteiger partial charge in [-0.15, -0.1) is 0 Å². The standard InChI is InChI=1S/C24H30N2O15/c1-10-8-40-22(25-16(10)21(36)37)24(39-2,23(38)41-9-14(30)18(32)17(31)13(29)7-27)26-19(33)15(20(34)35)11-3-5-12(28)6-4-11/h3-6,13-15,17-18,22,27-32H,1,7-9H2,2H3,(H,26,33)(H,34,35)(H,36,37)/t13?,14?,15?,17?,18?,22-,24-/m1/s1. The molecule has 17 heteroatoms. The topological polar surface area (TPSA) is 282 Å². The van der Waals surface area contributed by atoms with Crippen LogP contribution in [0.25, 0.3) is 0 Å². The number of rotatable bonds is 14. The third-order valence-electron chi connectivity index (χ3n) is 5.93. The minimum atomic E-state index is -2.89. The van der Waals surface area contributed by atoms with E-state index >= 15 is 0 Å². The molecular formula is C24H30N2O15. The summed E-state index contributed by atoms with van der Waals surface area (Å²) >= 11 is 0. The number of carbonyl (C=O) groups excluding carboxylic acids is 2. The quantitative estimate of drug-likeness (QED) is 0.0579. The van der Waals surface area contributed by atoms with Gasteiger partial charge in [-0.25, -0.2) is 14.6 Å². The fourth-order valence-electron chi connectivity index (χ4n) is 3.62. The van der Waals surface area contributed by atoms with Crippen LogP contribution in [0.2, 0.25) is 0 Å². The summed E-state index contributed by atoms with van der Waals surface area (Å²) in [5.74, 6) is -8.55. The highest BCUT2D eigenvalue weighted by Gasteiger charge is 2.54. The molecule has 1 amide bonds. The highest BCUT2D eigenvalue weighted by molar-refractivity contribution is 6.42. The van der Waals surface area contributed by atoms with E-state index in [1.807, 2.05) is 5.32 Å². The number of aliphatic imine (C=N–C) groups is 1. The molecule has 1 aliphatic heterocycles. The van der Waals surface area contributed by atoms with Crippen LogP contribution in [0.3, 0.4) is 0 Å². The van der Waals surface area contributed by atoms with Crippen LogP contribution in [0, 0.1) is 0 Å². The number of ether oxygens (including phenoxy) is 3. The predicted octanol–water partition coefficient (Wildman–Crippen LogP) is -3.56. The van der Waals surface area contributed by atoms with E-state index < -0.39 is 91.6 Å². The van der Waals surface area contributed by atoms with Crippen LogP contribution < -0.4 is 5.32 Å². The summed E-state index contributed by atoms with van der Waals surface area (Å²) in [5, 5.41) is 79.0. The van der Waals surface area contributed by atoms with Gasteiger partial charge in [-0.3, -0.25) is 9.59 Å². The molecule has 5 unspecified atom stereocenters. The van der Waals surface area contributed by atoms with Crippen molar-refractivity contribution in [1.82, 2.24) is 5.32 Å². The van der Waals surface area contributed by atoms with Crippen molar-refractivity contribution in [2.75, 3.05) is 26.9 Å². The van der Waals surface area contributed by atoms with Gasteiger partial charge in [-0.2, -0.15) is 0 Å². The van der Waals surface area contributed by atoms with E-state index in [-0.39, 0.29) is 16.9 Å². The van der Waals surface area contributed by atoms with Crippen molar-refractivity contribution in [3.05, 3.63) is 42.0 Å². The average molecular weight is 587 g/mol. The second kappa shape index (κ2) is 14.1. The fourth-order valence-corrected chi connectivity index (χ4v) is 3.62. The SMILES string of the molecule is C=C1CO[C@H]([C@@](NC(=O)C(C(=O)O)c2ccc(O)cc2)(OC)C(=O)OCC(O)C(O)C(O)C(O)CO)N=C1C(=O)O. The number of hydrogen-bond donors (Lipinski definition) is 9. The van der Waals surface area contributed by atoms with Gasteiger partial charge in [0, 0.05) is 12.7 Å². The number of esters is 1. The Hall–Kier alpha value is -3.97. The van der Waals surface area contributed by atoms with Gasteiger partial charge in [0.25, 0.3) is 5.72 Å². The Morgan fingerprint density at radius 1 is 1.10 bits per heavy atom. The summed E-state index contributed by atoms with van der Waals surface area (Å²) in [4.78, 5) is 54.0. The van der Waals surface area contributed by atoms with Gasteiger partial charge < -0.3 is 60.4 Å². The summed E-state index contributed by atoms with van der Waals surface area (Å²) in [5.41, 5.74) is -3.83. The van der Waals surface area contributed by atoms with E-state index in [1.165, 1.54) is 0 Å². The van der Waals surface area contributed by atoms with Gasteiger partial charge in [0.1, 0.15) is 36.8 Å². The Morgan fingerprint density at radius 3 is 2.20 bits per heavy atom. The Balaban J connectivity index is 2.48. The first-order chi connectivity index (χ1) is 19.2. The van der Waals surface area contributed by atoms with Gasteiger partial charge in [0.05, 0.1) is 13.2 Å². The average Bonchev–Trinajstić information content (AvgIpc) is 2.94. The van der Waals surface area contributed by atoms with Crippen molar-refractivity contribution in [3.63, 3.8) is 0 Å². The van der Waals surface area contributed by atoms with E-state index in [0.717, 1.165) is 31.4 Å². The molecule has 0 radical (unpaired) electrons. The van der Waals surface area contributed by atoms with E-state index in [1.54, 1.807) is 0 Å². The fraction of sp³-hybridized carbons (Fsp3) is 0.458. The van der Waals surface area contributed by atoms with Crippen molar-refractivity contribution in [1.29, 1.82) is 0 Å². The number of hydrogen-bond acceptors (Lipinski definition) is 14. The lowest BCUT2D eigenvalue weighted by atomic mass is 9.97. The van der Waals surface area contributed by atoms with Crippen LogP contribution in [0.1, 0.15) is 11.5 Å². The molecule has 0 aromatic heterocycles. The first-order valence-corrected chi connectivity index (χ1v) is 11.7. The van der Waals surface area contributed by atoms with Crippen molar-refractivity contribution in [3.8, 4) is 5.75 Å². The smallest absolute Gasteiger partial charge is 0.365 e. The molecule has 1 aromatic rings. The molecule has 17 nitrogen and oxygen atoms in total. The molecule has 226 valence electrons. The third kappa shape index (κ3) is 7.61. The molecule has 0 aliphatic carbocycles. The van der Waals surface area contributed by atoms with Crippen LogP contribution in [0.4, 0.5) is 0 Å². The van der Waals surface area contributed by atoms with Crippen LogP contribution in [0.5, 0.6) is 5.75 Å². The Morgan fingerprint density at radius 2 is 1.68 bits per heavy atom. The molecule has 2 rings (SSSR count). The maximum Gasteiger partial charge on any atom is 0.365 e. The number of nitrogens with one attached hydrogen (secondary N) is 1. The number of aliphatic hydroxyl groups excluding tert-OH is 5. The monoisotopic (exact) mass is 586 g/mol. The van der Waals surface area contributed by atoms with E-state index in [0.29, 0.717) is 0 Å². The van der Waals surface area contributed by atoms with Crippen molar-refractivity contribution >= 4 is 29.5 Å². The van der Waals surface area contributed by atoms with Crippen molar-refractivity contribution in [2.45, 2.75) is 42.3 Å². The maximum atomic E-state index is 13.3. The highest BCUT2D eigenvalue weighted by atomic mass is 16.6. The molecule has 0 bridgehead atoms. The minimum absolute atomic E-state index is 0.124. The number of amides is 1. The number of carbonyl (C=O) groups is 4. The number of aliphatic carboxylic acids is 2. The van der Waals surface area contributed by atoms with E-state index in [9.17, 15) is 54.9 Å².